The minimum atomic E-state index is -0.125. The summed E-state index contributed by atoms with van der Waals surface area (Å²) in [6.07, 6.45) is 0. The molecule has 0 amide bonds. The van der Waals surface area contributed by atoms with E-state index in [1.807, 2.05) is 0 Å². The van der Waals surface area contributed by atoms with E-state index in [9.17, 15) is 0 Å². The van der Waals surface area contributed by atoms with Crippen LogP contribution in [0.1, 0.15) is 0 Å². The number of aliphatic hydroxyl groups is 2. The first-order valence-corrected chi connectivity index (χ1v) is 1.13. The average Bonchev–Trinajstić information content (AvgIpc) is 1.37. The van der Waals surface area contributed by atoms with Crippen molar-refractivity contribution in [2.75, 3.05) is 13.2 Å². The molecule has 0 saturated heterocycles. The molecule has 0 bridgehead atoms. The summed E-state index contributed by atoms with van der Waals surface area (Å²) in [5, 5.41) is 15.2. The molecule has 0 unspecified atom stereocenters. The van der Waals surface area contributed by atoms with Crippen LogP contribution in [0.25, 0.3) is 0 Å². The van der Waals surface area contributed by atoms with Crippen LogP contribution >= 0.6 is 0 Å². The first-order valence-electron chi connectivity index (χ1n) is 1.13. The minimum Gasteiger partial charge on any atom is -0.394 e. The summed E-state index contributed by atoms with van der Waals surface area (Å²) in [7, 11) is 0. The summed E-state index contributed by atoms with van der Waals surface area (Å²) in [6.45, 7) is -0.250. The number of hydrogen-bond acceptors (Lipinski definition) is 2. The van der Waals surface area contributed by atoms with Crippen LogP contribution in [0.5, 0.6) is 0 Å². The maximum atomic E-state index is 7.62. The Labute approximate surface area is 46.3 Å². The molecule has 0 fully saturated rings. The zero-order valence-corrected chi connectivity index (χ0v) is 4.78. The second kappa shape index (κ2) is 8.82. The first-order chi connectivity index (χ1) is 1.91. The van der Waals surface area contributed by atoms with E-state index in [2.05, 4.69) is 0 Å². The van der Waals surface area contributed by atoms with Gasteiger partial charge in [-0.05, 0) is 0 Å². The van der Waals surface area contributed by atoms with Gasteiger partial charge in [0.05, 0.1) is 13.2 Å². The molecule has 0 atom stereocenters. The monoisotopic (exact) mass is 259 g/mol. The van der Waals surface area contributed by atoms with Crippen molar-refractivity contribution in [3.8, 4) is 0 Å². The standard InChI is InChI=1S/C2H6O2.Au/c3-1-2-4;/h3-4H,1-2H2;. The van der Waals surface area contributed by atoms with Gasteiger partial charge in [-0.25, -0.2) is 0 Å². The predicted octanol–water partition coefficient (Wildman–Crippen LogP) is -1.03. The number of aliphatic hydroxyl groups excluding tert-OH is 2. The van der Waals surface area contributed by atoms with E-state index in [4.69, 9.17) is 10.2 Å². The molecule has 0 aliphatic carbocycles. The van der Waals surface area contributed by atoms with Crippen molar-refractivity contribution >= 4 is 0 Å². The molecule has 0 aliphatic rings. The van der Waals surface area contributed by atoms with Crippen molar-refractivity contribution in [3.05, 3.63) is 0 Å². The van der Waals surface area contributed by atoms with Crippen molar-refractivity contribution in [2.45, 2.75) is 0 Å². The third-order valence-corrected chi connectivity index (χ3v) is 0.1000. The van der Waals surface area contributed by atoms with Gasteiger partial charge in [-0.15, -0.1) is 0 Å². The minimum absolute atomic E-state index is 0. The van der Waals surface area contributed by atoms with Crippen LogP contribution in [-0.4, -0.2) is 23.4 Å². The van der Waals surface area contributed by atoms with Crippen LogP contribution in [0, 0.1) is 0 Å². The van der Waals surface area contributed by atoms with E-state index >= 15 is 0 Å². The molecular formula is C2H6AuO2. The summed E-state index contributed by atoms with van der Waals surface area (Å²) < 4.78 is 0. The Balaban J connectivity index is 0. The maximum Gasteiger partial charge on any atom is 0.0662 e. The Morgan fingerprint density at radius 2 is 1.20 bits per heavy atom. The molecule has 0 saturated carbocycles. The molecule has 0 aliphatic heterocycles. The van der Waals surface area contributed by atoms with E-state index in [0.717, 1.165) is 0 Å². The topological polar surface area (TPSA) is 40.5 Å². The molecule has 2 N–H and O–H groups in total. The fourth-order valence-electron chi connectivity index (χ4n) is 0. The van der Waals surface area contributed by atoms with E-state index in [1.165, 1.54) is 0 Å². The van der Waals surface area contributed by atoms with Gasteiger partial charge >= 0.3 is 0 Å². The van der Waals surface area contributed by atoms with Crippen molar-refractivity contribution < 1.29 is 32.6 Å². The van der Waals surface area contributed by atoms with Gasteiger partial charge in [-0.1, -0.05) is 0 Å². The van der Waals surface area contributed by atoms with Crippen molar-refractivity contribution in [1.82, 2.24) is 0 Å². The zero-order chi connectivity index (χ0) is 3.41. The maximum absolute atomic E-state index is 7.62. The number of hydrogen-bond donors (Lipinski definition) is 2. The smallest absolute Gasteiger partial charge is 0.0662 e. The van der Waals surface area contributed by atoms with Gasteiger partial charge in [0.15, 0.2) is 0 Å². The Morgan fingerprint density at radius 1 is 1.00 bits per heavy atom. The Morgan fingerprint density at radius 3 is 1.20 bits per heavy atom. The molecule has 0 aromatic heterocycles. The van der Waals surface area contributed by atoms with Crippen LogP contribution in [0.3, 0.4) is 0 Å². The molecule has 0 spiro atoms. The van der Waals surface area contributed by atoms with E-state index in [-0.39, 0.29) is 35.6 Å². The second-order valence-corrected chi connectivity index (χ2v) is 0.447. The van der Waals surface area contributed by atoms with E-state index in [0.29, 0.717) is 0 Å². The molecule has 0 aromatic carbocycles. The fourth-order valence-corrected chi connectivity index (χ4v) is 0. The molecule has 1 radical (unpaired) electrons. The van der Waals surface area contributed by atoms with Gasteiger partial charge in [-0.3, -0.25) is 0 Å². The van der Waals surface area contributed by atoms with Gasteiger partial charge in [0.1, 0.15) is 0 Å². The van der Waals surface area contributed by atoms with Crippen molar-refractivity contribution in [3.63, 3.8) is 0 Å². The Bertz CT molecular complexity index is 9.61. The normalized spacial score (nSPS) is 6.00. The summed E-state index contributed by atoms with van der Waals surface area (Å²) in [6, 6.07) is 0. The fraction of sp³-hybridized carbons (Fsp3) is 1.00. The molecule has 37 valence electrons. The van der Waals surface area contributed by atoms with Crippen molar-refractivity contribution in [2.24, 2.45) is 0 Å². The largest absolute Gasteiger partial charge is 0.394 e. The van der Waals surface area contributed by atoms with Crippen LogP contribution < -0.4 is 0 Å². The first kappa shape index (κ1) is 9.18. The predicted molar refractivity (Wildman–Crippen MR) is 14.2 cm³/mol. The Hall–Kier alpha value is 0.660. The van der Waals surface area contributed by atoms with E-state index in [1.54, 1.807) is 0 Å². The SMILES string of the molecule is OCCO.[Au]. The zero-order valence-electron chi connectivity index (χ0n) is 2.61. The molecule has 2 nitrogen and oxygen atoms in total. The van der Waals surface area contributed by atoms with Crippen LogP contribution in [0.15, 0.2) is 0 Å². The van der Waals surface area contributed by atoms with Crippen LogP contribution in [-0.2, 0) is 22.4 Å². The quantitative estimate of drug-likeness (QED) is 0.591. The third-order valence-electron chi connectivity index (χ3n) is 0.1000. The van der Waals surface area contributed by atoms with Crippen LogP contribution in [0.4, 0.5) is 0 Å². The molecule has 5 heavy (non-hydrogen) atoms. The van der Waals surface area contributed by atoms with Crippen LogP contribution in [0.2, 0.25) is 0 Å². The molecule has 3 heteroatoms. The Kier molecular flexibility index (Phi) is 16.2. The van der Waals surface area contributed by atoms with Gasteiger partial charge in [-0.2, -0.15) is 0 Å². The molecule has 0 rings (SSSR count). The van der Waals surface area contributed by atoms with Gasteiger partial charge in [0.2, 0.25) is 0 Å². The summed E-state index contributed by atoms with van der Waals surface area (Å²) >= 11 is 0. The summed E-state index contributed by atoms with van der Waals surface area (Å²) in [4.78, 5) is 0. The number of rotatable bonds is 1. The molecular weight excluding hydrogens is 253 g/mol. The van der Waals surface area contributed by atoms with Gasteiger partial charge < -0.3 is 10.2 Å². The van der Waals surface area contributed by atoms with Crippen molar-refractivity contribution in [1.29, 1.82) is 0 Å². The summed E-state index contributed by atoms with van der Waals surface area (Å²) in [5.41, 5.74) is 0. The second-order valence-electron chi connectivity index (χ2n) is 0.447. The van der Waals surface area contributed by atoms with Gasteiger partial charge in [0, 0.05) is 22.4 Å². The molecule has 0 heterocycles. The van der Waals surface area contributed by atoms with Gasteiger partial charge in [0.25, 0.3) is 0 Å². The third kappa shape index (κ3) is 12.0. The molecule has 0 aromatic rings. The average molecular weight is 259 g/mol. The summed E-state index contributed by atoms with van der Waals surface area (Å²) in [5.74, 6) is 0. The van der Waals surface area contributed by atoms with E-state index < -0.39 is 0 Å².